The lowest BCUT2D eigenvalue weighted by atomic mass is 9.96. The Labute approximate surface area is 397 Å². The van der Waals surface area contributed by atoms with Crippen molar-refractivity contribution < 1.29 is 52.1 Å². The number of rotatable bonds is 15. The second kappa shape index (κ2) is 24.5. The Bertz CT molecular complexity index is 2780. The van der Waals surface area contributed by atoms with Crippen LogP contribution in [0.15, 0.2) is 97.3 Å². The molecule has 0 radical (unpaired) electrons. The molecule has 1 amide bonds. The largest absolute Gasteiger partial charge is 0.479 e. The van der Waals surface area contributed by atoms with E-state index in [1.807, 2.05) is 65.8 Å². The second-order valence-corrected chi connectivity index (χ2v) is 16.9. The summed E-state index contributed by atoms with van der Waals surface area (Å²) in [5.74, 6) is -4.20. The number of nitrogens with one attached hydrogen (secondary N) is 3. The van der Waals surface area contributed by atoms with Gasteiger partial charge in [-0.05, 0) is 120 Å². The van der Waals surface area contributed by atoms with E-state index in [1.165, 1.54) is 0 Å². The Hall–Kier alpha value is -7.50. The zero-order valence-electron chi connectivity index (χ0n) is 39.4. The third kappa shape index (κ3) is 15.3. The molecule has 0 aliphatic rings. The molecule has 2 atom stereocenters. The number of halogens is 4. The molecule has 2 unspecified atom stereocenters. The number of aromatic nitrogens is 2. The maximum Gasteiger partial charge on any atom is 0.337 e. The highest BCUT2D eigenvalue weighted by atomic mass is 19.1. The van der Waals surface area contributed by atoms with Crippen molar-refractivity contribution in [2.45, 2.75) is 66.6 Å². The molecule has 0 bridgehead atoms. The summed E-state index contributed by atoms with van der Waals surface area (Å²) in [7, 11) is 3.49. The minimum absolute atomic E-state index is 0.00184. The highest BCUT2D eigenvalue weighted by molar-refractivity contribution is 6.02. The van der Waals surface area contributed by atoms with Gasteiger partial charge in [-0.15, -0.1) is 0 Å². The lowest BCUT2D eigenvalue weighted by Gasteiger charge is -2.15. The number of aryl methyl sites for hydroxylation is 2. The first-order valence-electron chi connectivity index (χ1n) is 21.7. The number of Topliss-reactive ketones (excluding diaryl/α,β-unsaturated/α-hetero) is 2. The molecule has 4 aromatic carbocycles. The molecule has 17 heteroatoms. The van der Waals surface area contributed by atoms with Crippen molar-refractivity contribution in [2.24, 2.45) is 11.8 Å². The average Bonchev–Trinajstić information content (AvgIpc) is 3.27. The number of anilines is 4. The normalized spacial score (nSPS) is 11.7. The number of carboxylic acid groups (broad SMARTS) is 1. The van der Waals surface area contributed by atoms with Crippen LogP contribution in [0.25, 0.3) is 22.3 Å². The van der Waals surface area contributed by atoms with Crippen LogP contribution in [0.2, 0.25) is 0 Å². The number of nitrogen functional groups attached to an aromatic ring is 1. The number of nitrogens with zero attached hydrogens (tertiary/aromatic N) is 2. The van der Waals surface area contributed by atoms with Gasteiger partial charge < -0.3 is 37.0 Å². The third-order valence-corrected chi connectivity index (χ3v) is 10.3. The van der Waals surface area contributed by atoms with E-state index >= 15 is 0 Å². The van der Waals surface area contributed by atoms with Gasteiger partial charge in [-0.25, -0.2) is 32.3 Å². The molecule has 0 saturated heterocycles. The van der Waals surface area contributed by atoms with Crippen LogP contribution in [-0.4, -0.2) is 62.8 Å². The Morgan fingerprint density at radius 3 is 1.38 bits per heavy atom. The number of hydrogen-bond donors (Lipinski definition) is 7. The topological polar surface area (TPSA) is 217 Å². The van der Waals surface area contributed by atoms with Crippen molar-refractivity contribution in [3.05, 3.63) is 154 Å². The van der Waals surface area contributed by atoms with E-state index in [0.29, 0.717) is 59.3 Å². The molecule has 0 fully saturated rings. The van der Waals surface area contributed by atoms with Gasteiger partial charge in [0, 0.05) is 74.0 Å². The van der Waals surface area contributed by atoms with Crippen LogP contribution < -0.4 is 21.7 Å². The summed E-state index contributed by atoms with van der Waals surface area (Å²) < 4.78 is 51.8. The molecule has 69 heavy (non-hydrogen) atoms. The second-order valence-electron chi connectivity index (χ2n) is 16.9. The summed E-state index contributed by atoms with van der Waals surface area (Å²) in [6.45, 7) is 11.9. The Morgan fingerprint density at radius 1 is 0.594 bits per heavy atom. The van der Waals surface area contributed by atoms with E-state index in [1.54, 1.807) is 50.8 Å². The smallest absolute Gasteiger partial charge is 0.337 e. The molecular weight excluding hydrogens is 897 g/mol. The third-order valence-electron chi connectivity index (χ3n) is 10.3. The number of aliphatic hydroxyl groups excluding tert-OH is 2. The summed E-state index contributed by atoms with van der Waals surface area (Å²) in [4.78, 5) is 56.6. The monoisotopic (exact) mass is 952 g/mol. The standard InChI is InChI=1S/C26H27F2N3O3.C18H23N3O.C8H6F2O3/c1-14(2)7-23(32)22-11-17(13-30-25(22)29-4)21-6-5-20(8-15(21)3)31-26(34)24(33)16-9-18(27)12-19(28)10-16;1-11(2)7-17(22)16-9-13(10-21-18(16)20-4)15-6-5-14(19)8-12(15)3;9-5-1-4(2-6(10)3-5)7(11)8(12)13/h5-6,8-14,24,33H,7H2,1-4H3,(H,29,30)(H,31,34);5-6,8-11H,7,19H2,1-4H3,(H,20,21);1-3,7,11H,(H,12,13). The van der Waals surface area contributed by atoms with Gasteiger partial charge in [-0.2, -0.15) is 0 Å². The van der Waals surface area contributed by atoms with Crippen LogP contribution in [0.4, 0.5) is 40.6 Å². The predicted molar refractivity (Wildman–Crippen MR) is 259 cm³/mol. The van der Waals surface area contributed by atoms with Gasteiger partial charge in [0.2, 0.25) is 0 Å². The van der Waals surface area contributed by atoms with Gasteiger partial charge in [0.15, 0.2) is 23.8 Å². The van der Waals surface area contributed by atoms with E-state index in [9.17, 15) is 41.8 Å². The Morgan fingerprint density at radius 2 is 1.00 bits per heavy atom. The predicted octanol–water partition coefficient (Wildman–Crippen LogP) is 10.3. The Balaban J connectivity index is 0.000000252. The quantitative estimate of drug-likeness (QED) is 0.0291. The fraction of sp³-hybridized carbons (Fsp3) is 0.269. The minimum Gasteiger partial charge on any atom is -0.479 e. The first kappa shape index (κ1) is 54.1. The Kier molecular flexibility index (Phi) is 19.2. The molecule has 0 aliphatic carbocycles. The van der Waals surface area contributed by atoms with Crippen molar-refractivity contribution in [3.63, 3.8) is 0 Å². The zero-order valence-corrected chi connectivity index (χ0v) is 39.4. The number of carbonyl (C=O) groups excluding carboxylic acids is 3. The van der Waals surface area contributed by atoms with Crippen molar-refractivity contribution in [3.8, 4) is 22.3 Å². The molecule has 6 rings (SSSR count). The molecule has 0 aliphatic heterocycles. The van der Waals surface area contributed by atoms with Gasteiger partial charge in [-0.1, -0.05) is 39.8 Å². The molecule has 2 heterocycles. The van der Waals surface area contributed by atoms with Gasteiger partial charge in [0.25, 0.3) is 5.91 Å². The molecule has 2 aromatic heterocycles. The lowest BCUT2D eigenvalue weighted by molar-refractivity contribution is -0.147. The van der Waals surface area contributed by atoms with Crippen LogP contribution in [0.5, 0.6) is 0 Å². The number of amides is 1. The van der Waals surface area contributed by atoms with E-state index in [0.717, 1.165) is 63.3 Å². The highest BCUT2D eigenvalue weighted by Gasteiger charge is 2.22. The van der Waals surface area contributed by atoms with Crippen LogP contribution in [-0.2, 0) is 9.59 Å². The lowest BCUT2D eigenvalue weighted by Crippen LogP contribution is -2.21. The highest BCUT2D eigenvalue weighted by Crippen LogP contribution is 2.31. The SMILES string of the molecule is CNc1ncc(-c2ccc(N)cc2C)cc1C(=O)CC(C)C.CNc1ncc(-c2ccc(NC(=O)C(O)c3cc(F)cc(F)c3)cc2C)cc1C(=O)CC(C)C.O=C(O)C(O)c1cc(F)cc(F)c1. The van der Waals surface area contributed by atoms with Gasteiger partial charge in [0.1, 0.15) is 34.9 Å². The number of carboxylic acids is 1. The summed E-state index contributed by atoms with van der Waals surface area (Å²) >= 11 is 0. The van der Waals surface area contributed by atoms with Gasteiger partial charge in [-0.3, -0.25) is 14.4 Å². The van der Waals surface area contributed by atoms with Crippen LogP contribution in [0.3, 0.4) is 0 Å². The minimum atomic E-state index is -1.90. The van der Waals surface area contributed by atoms with E-state index in [-0.39, 0.29) is 28.6 Å². The fourth-order valence-electron chi connectivity index (χ4n) is 7.06. The summed E-state index contributed by atoms with van der Waals surface area (Å²) in [5, 5.41) is 35.9. The van der Waals surface area contributed by atoms with E-state index < -0.39 is 47.4 Å². The van der Waals surface area contributed by atoms with E-state index in [2.05, 4.69) is 25.9 Å². The summed E-state index contributed by atoms with van der Waals surface area (Å²) in [6.07, 6.45) is 0.738. The van der Waals surface area contributed by atoms with Crippen molar-refractivity contribution in [1.82, 2.24) is 9.97 Å². The molecule has 6 aromatic rings. The van der Waals surface area contributed by atoms with Gasteiger partial charge >= 0.3 is 5.97 Å². The number of nitrogens with two attached hydrogens (primary N) is 1. The van der Waals surface area contributed by atoms with Crippen LogP contribution in [0, 0.1) is 49.0 Å². The maximum atomic E-state index is 13.4. The number of benzene rings is 4. The van der Waals surface area contributed by atoms with Crippen molar-refractivity contribution >= 4 is 46.5 Å². The number of ketones is 2. The molecule has 0 saturated carbocycles. The van der Waals surface area contributed by atoms with Gasteiger partial charge in [0.05, 0.1) is 11.1 Å². The first-order chi connectivity index (χ1) is 32.5. The molecule has 8 N–H and O–H groups in total. The number of carbonyl (C=O) groups is 4. The number of aliphatic carboxylic acids is 1. The molecule has 0 spiro atoms. The fourth-order valence-corrected chi connectivity index (χ4v) is 7.06. The molecule has 13 nitrogen and oxygen atoms in total. The average molecular weight is 953 g/mol. The number of aliphatic hydroxyl groups is 2. The number of pyridine rings is 2. The maximum absolute atomic E-state index is 13.4. The van der Waals surface area contributed by atoms with Crippen LogP contribution in [0.1, 0.15) is 95.7 Å². The number of hydrogen-bond acceptors (Lipinski definition) is 11. The van der Waals surface area contributed by atoms with Crippen molar-refractivity contribution in [2.75, 3.05) is 35.8 Å². The molecular formula is C52H56F4N6O7. The van der Waals surface area contributed by atoms with Crippen molar-refractivity contribution in [1.29, 1.82) is 0 Å². The zero-order chi connectivity index (χ0) is 51.3. The van der Waals surface area contributed by atoms with Crippen LogP contribution >= 0.6 is 0 Å². The molecule has 364 valence electrons. The van der Waals surface area contributed by atoms with E-state index in [4.69, 9.17) is 15.9 Å². The summed E-state index contributed by atoms with van der Waals surface area (Å²) in [6, 6.07) is 19.2. The summed E-state index contributed by atoms with van der Waals surface area (Å²) in [5.41, 5.74) is 13.0. The first-order valence-corrected chi connectivity index (χ1v) is 21.7.